The minimum atomic E-state index is -0.541. The number of hydrazine groups is 1. The molecule has 0 aliphatic heterocycles. The second-order valence-corrected chi connectivity index (χ2v) is 4.52. The van der Waals surface area contributed by atoms with E-state index in [1.807, 2.05) is 29.7 Å². The first-order chi connectivity index (χ1) is 9.63. The number of nitrogens with two attached hydrogens (primary N) is 1. The summed E-state index contributed by atoms with van der Waals surface area (Å²) in [7, 11) is 0. The van der Waals surface area contributed by atoms with Gasteiger partial charge in [-0.1, -0.05) is 30.7 Å². The fraction of sp³-hybridized carbons (Fsp3) is 0.231. The molecule has 0 saturated carbocycles. The molecule has 0 fully saturated rings. The number of rotatable bonds is 5. The van der Waals surface area contributed by atoms with Crippen LogP contribution >= 0.6 is 11.6 Å². The summed E-state index contributed by atoms with van der Waals surface area (Å²) in [6, 6.07) is 7.77. The fourth-order valence-electron chi connectivity index (χ4n) is 1.65. The van der Waals surface area contributed by atoms with Crippen molar-refractivity contribution in [3.05, 3.63) is 46.7 Å². The highest BCUT2D eigenvalue weighted by Crippen LogP contribution is 2.16. The summed E-state index contributed by atoms with van der Waals surface area (Å²) >= 11 is 5.88. The number of nitrogens with one attached hydrogen (secondary N) is 1. The van der Waals surface area contributed by atoms with Crippen LogP contribution in [0.2, 0.25) is 5.02 Å². The normalized spacial score (nSPS) is 10.3. The molecule has 6 nitrogen and oxygen atoms in total. The molecule has 1 heterocycles. The molecule has 0 saturated heterocycles. The van der Waals surface area contributed by atoms with E-state index in [-0.39, 0.29) is 17.4 Å². The van der Waals surface area contributed by atoms with Crippen LogP contribution in [0.1, 0.15) is 23.0 Å². The molecule has 0 bridgehead atoms. The Bertz CT molecular complexity index is 595. The van der Waals surface area contributed by atoms with E-state index in [4.69, 9.17) is 22.2 Å². The summed E-state index contributed by atoms with van der Waals surface area (Å²) in [6.45, 7) is 2.24. The number of halogens is 1. The SMILES string of the molecule is CCc1ccc(OCn2cc(Cl)c(C(=O)NN)n2)cc1. The third kappa shape index (κ3) is 3.28. The predicted octanol–water partition coefficient (Wildman–Crippen LogP) is 1.74. The van der Waals surface area contributed by atoms with Gasteiger partial charge in [-0.25, -0.2) is 10.5 Å². The van der Waals surface area contributed by atoms with Crippen molar-refractivity contribution in [3.63, 3.8) is 0 Å². The minimum absolute atomic E-state index is 0.0686. The van der Waals surface area contributed by atoms with Crippen molar-refractivity contribution in [2.75, 3.05) is 0 Å². The number of carbonyl (C=O) groups excluding carboxylic acids is 1. The van der Waals surface area contributed by atoms with E-state index in [1.165, 1.54) is 16.4 Å². The van der Waals surface area contributed by atoms with Crippen LogP contribution in [0.5, 0.6) is 5.75 Å². The highest BCUT2D eigenvalue weighted by molar-refractivity contribution is 6.33. The molecule has 2 aromatic rings. The van der Waals surface area contributed by atoms with Gasteiger partial charge in [-0.05, 0) is 24.1 Å². The van der Waals surface area contributed by atoms with E-state index in [2.05, 4.69) is 12.0 Å². The Labute approximate surface area is 121 Å². The molecule has 0 atom stereocenters. The van der Waals surface area contributed by atoms with Crippen LogP contribution in [0.15, 0.2) is 30.5 Å². The number of aromatic nitrogens is 2. The molecule has 3 N–H and O–H groups in total. The van der Waals surface area contributed by atoms with Gasteiger partial charge in [-0.15, -0.1) is 0 Å². The summed E-state index contributed by atoms with van der Waals surface area (Å²) in [4.78, 5) is 11.4. The molecular weight excluding hydrogens is 280 g/mol. The van der Waals surface area contributed by atoms with Crippen molar-refractivity contribution in [2.45, 2.75) is 20.1 Å². The lowest BCUT2D eigenvalue weighted by molar-refractivity contribution is 0.0946. The molecule has 0 radical (unpaired) electrons. The number of aryl methyl sites for hydroxylation is 1. The largest absolute Gasteiger partial charge is 0.471 e. The number of nitrogens with zero attached hydrogens (tertiary/aromatic N) is 2. The van der Waals surface area contributed by atoms with Crippen LogP contribution in [0.4, 0.5) is 0 Å². The molecule has 2 rings (SSSR count). The van der Waals surface area contributed by atoms with Gasteiger partial charge in [0.05, 0.1) is 5.02 Å². The lowest BCUT2D eigenvalue weighted by atomic mass is 10.2. The number of nitrogen functional groups attached to an aromatic ring is 1. The van der Waals surface area contributed by atoms with Gasteiger partial charge in [0.2, 0.25) is 0 Å². The van der Waals surface area contributed by atoms with E-state index in [9.17, 15) is 4.79 Å². The van der Waals surface area contributed by atoms with Crippen molar-refractivity contribution in [1.29, 1.82) is 0 Å². The van der Waals surface area contributed by atoms with Gasteiger partial charge < -0.3 is 4.74 Å². The summed E-state index contributed by atoms with van der Waals surface area (Å²) < 4.78 is 6.98. The summed E-state index contributed by atoms with van der Waals surface area (Å²) in [5.74, 6) is 5.22. The zero-order chi connectivity index (χ0) is 14.5. The van der Waals surface area contributed by atoms with E-state index < -0.39 is 5.91 Å². The first-order valence-electron chi connectivity index (χ1n) is 6.09. The van der Waals surface area contributed by atoms with Crippen LogP contribution < -0.4 is 16.0 Å². The standard InChI is InChI=1S/C13H15ClN4O2/c1-2-9-3-5-10(6-4-9)20-8-18-7-11(14)12(17-18)13(19)16-15/h3-7H,2,8,15H2,1H3,(H,16,19). The summed E-state index contributed by atoms with van der Waals surface area (Å²) in [5.41, 5.74) is 3.29. The third-order valence-electron chi connectivity index (χ3n) is 2.76. The Hall–Kier alpha value is -2.05. The van der Waals surface area contributed by atoms with E-state index in [0.29, 0.717) is 0 Å². The second kappa shape index (κ2) is 6.40. The zero-order valence-electron chi connectivity index (χ0n) is 11.0. The molecule has 0 aliphatic carbocycles. The second-order valence-electron chi connectivity index (χ2n) is 4.11. The number of hydrogen-bond donors (Lipinski definition) is 2. The van der Waals surface area contributed by atoms with Crippen LogP contribution in [-0.4, -0.2) is 15.7 Å². The van der Waals surface area contributed by atoms with Gasteiger partial charge in [0, 0.05) is 6.20 Å². The van der Waals surface area contributed by atoms with E-state index in [0.717, 1.165) is 12.2 Å². The Morgan fingerprint density at radius 1 is 1.45 bits per heavy atom. The third-order valence-corrected chi connectivity index (χ3v) is 3.03. The molecule has 1 aromatic heterocycles. The van der Waals surface area contributed by atoms with Crippen molar-refractivity contribution in [2.24, 2.45) is 5.84 Å². The van der Waals surface area contributed by atoms with Crippen LogP contribution in [0.25, 0.3) is 0 Å². The lowest BCUT2D eigenvalue weighted by Crippen LogP contribution is -2.30. The topological polar surface area (TPSA) is 82.2 Å². The van der Waals surface area contributed by atoms with Crippen LogP contribution in [0.3, 0.4) is 0 Å². The average molecular weight is 295 g/mol. The van der Waals surface area contributed by atoms with Crippen molar-refractivity contribution < 1.29 is 9.53 Å². The molecule has 0 aliphatic rings. The number of amides is 1. The maximum absolute atomic E-state index is 11.4. The van der Waals surface area contributed by atoms with Crippen molar-refractivity contribution in [1.82, 2.24) is 15.2 Å². The number of hydrogen-bond acceptors (Lipinski definition) is 4. The molecule has 0 spiro atoms. The Morgan fingerprint density at radius 3 is 2.75 bits per heavy atom. The Balaban J connectivity index is 2.01. The van der Waals surface area contributed by atoms with Gasteiger partial charge in [-0.2, -0.15) is 5.10 Å². The number of carbonyl (C=O) groups is 1. The minimum Gasteiger partial charge on any atom is -0.471 e. The molecular formula is C13H15ClN4O2. The highest BCUT2D eigenvalue weighted by atomic mass is 35.5. The monoisotopic (exact) mass is 294 g/mol. The van der Waals surface area contributed by atoms with Gasteiger partial charge in [0.1, 0.15) is 5.75 Å². The Morgan fingerprint density at radius 2 is 2.15 bits per heavy atom. The van der Waals surface area contributed by atoms with Gasteiger partial charge >= 0.3 is 0 Å². The first kappa shape index (κ1) is 14.4. The molecule has 20 heavy (non-hydrogen) atoms. The molecule has 1 amide bonds. The quantitative estimate of drug-likeness (QED) is 0.500. The maximum atomic E-state index is 11.4. The van der Waals surface area contributed by atoms with Crippen molar-refractivity contribution >= 4 is 17.5 Å². The average Bonchev–Trinajstić information content (AvgIpc) is 2.86. The van der Waals surface area contributed by atoms with Crippen molar-refractivity contribution in [3.8, 4) is 5.75 Å². The number of ether oxygens (including phenoxy) is 1. The molecule has 0 unspecified atom stereocenters. The van der Waals surface area contributed by atoms with E-state index >= 15 is 0 Å². The first-order valence-corrected chi connectivity index (χ1v) is 6.47. The molecule has 1 aromatic carbocycles. The molecule has 7 heteroatoms. The van der Waals surface area contributed by atoms with Crippen LogP contribution in [-0.2, 0) is 13.2 Å². The summed E-state index contributed by atoms with van der Waals surface area (Å²) in [5, 5.41) is 4.22. The predicted molar refractivity (Wildman–Crippen MR) is 75.3 cm³/mol. The smallest absolute Gasteiger partial charge is 0.287 e. The molecule has 106 valence electrons. The lowest BCUT2D eigenvalue weighted by Gasteiger charge is -2.06. The fourth-order valence-corrected chi connectivity index (χ4v) is 1.88. The van der Waals surface area contributed by atoms with Gasteiger partial charge in [0.15, 0.2) is 12.4 Å². The summed E-state index contributed by atoms with van der Waals surface area (Å²) in [6.07, 6.45) is 2.49. The maximum Gasteiger partial charge on any atom is 0.287 e. The Kier molecular flexibility index (Phi) is 4.60. The number of benzene rings is 1. The van der Waals surface area contributed by atoms with E-state index in [1.54, 1.807) is 0 Å². The van der Waals surface area contributed by atoms with Gasteiger partial charge in [0.25, 0.3) is 5.91 Å². The van der Waals surface area contributed by atoms with Crippen LogP contribution in [0, 0.1) is 0 Å². The highest BCUT2D eigenvalue weighted by Gasteiger charge is 2.14. The zero-order valence-corrected chi connectivity index (χ0v) is 11.7. The van der Waals surface area contributed by atoms with Gasteiger partial charge in [-0.3, -0.25) is 10.2 Å².